The molecule has 0 amide bonds. The highest BCUT2D eigenvalue weighted by atomic mass is 16.5. The molecule has 1 unspecified atom stereocenters. The fourth-order valence-electron chi connectivity index (χ4n) is 4.55. The van der Waals surface area contributed by atoms with Crippen molar-refractivity contribution in [1.82, 2.24) is 19.9 Å². The molecule has 3 rings (SSSR count). The van der Waals surface area contributed by atoms with Crippen molar-refractivity contribution in [3.05, 3.63) is 11.9 Å². The number of aromatic nitrogens is 3. The molecule has 1 aromatic heterocycles. The Kier molecular flexibility index (Phi) is 8.27. The minimum Gasteiger partial charge on any atom is -0.463 e. The average molecular weight is 393 g/mol. The molecular weight excluding hydrogens is 356 g/mol. The maximum atomic E-state index is 12.1. The van der Waals surface area contributed by atoms with Gasteiger partial charge in [0.05, 0.1) is 18.2 Å². The molecule has 2 aliphatic rings. The molecule has 0 bridgehead atoms. The van der Waals surface area contributed by atoms with E-state index in [9.17, 15) is 9.90 Å². The van der Waals surface area contributed by atoms with Crippen LogP contribution < -0.4 is 0 Å². The van der Waals surface area contributed by atoms with E-state index in [2.05, 4.69) is 22.3 Å². The Labute approximate surface area is 168 Å². The third-order valence-corrected chi connectivity index (χ3v) is 6.07. The number of carbonyl (C=O) groups excluding carboxylic acids is 1. The fourth-order valence-corrected chi connectivity index (χ4v) is 4.55. The van der Waals surface area contributed by atoms with Crippen molar-refractivity contribution in [3.8, 4) is 0 Å². The van der Waals surface area contributed by atoms with E-state index in [1.54, 1.807) is 4.68 Å². The zero-order valence-corrected chi connectivity index (χ0v) is 17.3. The third kappa shape index (κ3) is 6.85. The van der Waals surface area contributed by atoms with Gasteiger partial charge in [0, 0.05) is 19.3 Å². The van der Waals surface area contributed by atoms with Gasteiger partial charge < -0.3 is 14.7 Å². The summed E-state index contributed by atoms with van der Waals surface area (Å²) >= 11 is 0. The highest BCUT2D eigenvalue weighted by Gasteiger charge is 2.23. The Balaban J connectivity index is 1.36. The molecule has 158 valence electrons. The topological polar surface area (TPSA) is 80.5 Å². The minimum atomic E-state index is -0.762. The van der Waals surface area contributed by atoms with Crippen LogP contribution in [0.1, 0.15) is 69.9 Å². The van der Waals surface area contributed by atoms with Crippen LogP contribution in [0.25, 0.3) is 0 Å². The van der Waals surface area contributed by atoms with E-state index in [1.165, 1.54) is 38.5 Å². The largest absolute Gasteiger partial charge is 0.463 e. The molecule has 2 aliphatic carbocycles. The average Bonchev–Trinajstić information content (AvgIpc) is 3.14. The highest BCUT2D eigenvalue weighted by Crippen LogP contribution is 2.25. The van der Waals surface area contributed by atoms with Gasteiger partial charge in [-0.1, -0.05) is 43.7 Å². The Morgan fingerprint density at radius 1 is 1.21 bits per heavy atom. The van der Waals surface area contributed by atoms with Crippen LogP contribution in [0, 0.1) is 11.8 Å². The number of esters is 1. The number of carbonyl (C=O) groups is 1. The highest BCUT2D eigenvalue weighted by molar-refractivity contribution is 5.72. The van der Waals surface area contributed by atoms with Crippen LogP contribution in [0.15, 0.2) is 6.20 Å². The number of aliphatic hydroxyl groups is 1. The van der Waals surface area contributed by atoms with E-state index < -0.39 is 6.10 Å². The molecule has 2 fully saturated rings. The lowest BCUT2D eigenvalue weighted by atomic mass is 9.89. The van der Waals surface area contributed by atoms with Gasteiger partial charge in [-0.25, -0.2) is 4.68 Å². The summed E-state index contributed by atoms with van der Waals surface area (Å²) in [6.07, 6.45) is 13.1. The molecule has 0 aromatic carbocycles. The lowest BCUT2D eigenvalue weighted by Gasteiger charge is -2.26. The first-order valence-corrected chi connectivity index (χ1v) is 11.0. The molecule has 1 N–H and O–H groups in total. The first kappa shape index (κ1) is 21.2. The van der Waals surface area contributed by atoms with E-state index in [-0.39, 0.29) is 25.0 Å². The van der Waals surface area contributed by atoms with Crippen molar-refractivity contribution in [2.75, 3.05) is 20.2 Å². The molecule has 1 heterocycles. The minimum absolute atomic E-state index is 0.0126. The number of ether oxygens (including phenoxy) is 1. The molecule has 0 radical (unpaired) electrons. The molecule has 0 saturated heterocycles. The maximum Gasteiger partial charge on any atom is 0.309 e. The summed E-state index contributed by atoms with van der Waals surface area (Å²) in [6, 6.07) is 0. The van der Waals surface area contributed by atoms with Crippen LogP contribution in [-0.2, 0) is 22.6 Å². The zero-order chi connectivity index (χ0) is 19.8. The molecule has 1 aromatic rings. The van der Waals surface area contributed by atoms with Gasteiger partial charge in [0.15, 0.2) is 0 Å². The standard InChI is InChI=1S/C21H36N4O3/c1-24(12-17-8-4-2-5-9-17)13-19-14-25(23-22-19)15-20(26)16-28-21(27)18-10-6-3-7-11-18/h14,17-18,20,26H,2-13,15-16H2,1H3. The third-order valence-electron chi connectivity index (χ3n) is 6.07. The molecule has 1 atom stereocenters. The van der Waals surface area contributed by atoms with Gasteiger partial charge in [-0.2, -0.15) is 0 Å². The fraction of sp³-hybridized carbons (Fsp3) is 0.857. The van der Waals surface area contributed by atoms with E-state index in [0.717, 1.165) is 50.4 Å². The lowest BCUT2D eigenvalue weighted by molar-refractivity contribution is -0.152. The first-order valence-electron chi connectivity index (χ1n) is 11.0. The number of hydrogen-bond acceptors (Lipinski definition) is 6. The molecule has 7 nitrogen and oxygen atoms in total. The SMILES string of the molecule is CN(Cc1cn(CC(O)COC(=O)C2CCCCC2)nn1)CC1CCCCC1. The van der Waals surface area contributed by atoms with Gasteiger partial charge in [0.1, 0.15) is 12.7 Å². The molecule has 0 aliphatic heterocycles. The van der Waals surface area contributed by atoms with Crippen molar-refractivity contribution in [3.63, 3.8) is 0 Å². The quantitative estimate of drug-likeness (QED) is 0.651. The van der Waals surface area contributed by atoms with E-state index in [0.29, 0.717) is 0 Å². The summed E-state index contributed by atoms with van der Waals surface area (Å²) in [5.41, 5.74) is 0.907. The van der Waals surface area contributed by atoms with E-state index >= 15 is 0 Å². The lowest BCUT2D eigenvalue weighted by Crippen LogP contribution is -2.28. The number of nitrogens with zero attached hydrogens (tertiary/aromatic N) is 4. The smallest absolute Gasteiger partial charge is 0.309 e. The normalized spacial score (nSPS) is 20.4. The summed E-state index contributed by atoms with van der Waals surface area (Å²) in [6.45, 7) is 2.18. The van der Waals surface area contributed by atoms with Gasteiger partial charge in [-0.3, -0.25) is 4.79 Å². The van der Waals surface area contributed by atoms with Gasteiger partial charge in [0.2, 0.25) is 0 Å². The van der Waals surface area contributed by atoms with Crippen LogP contribution in [0.4, 0.5) is 0 Å². The van der Waals surface area contributed by atoms with Crippen molar-refractivity contribution in [1.29, 1.82) is 0 Å². The van der Waals surface area contributed by atoms with Crippen molar-refractivity contribution >= 4 is 5.97 Å². The van der Waals surface area contributed by atoms with Gasteiger partial charge in [0.25, 0.3) is 0 Å². The molecule has 28 heavy (non-hydrogen) atoms. The summed E-state index contributed by atoms with van der Waals surface area (Å²) in [5, 5.41) is 18.5. The second-order valence-electron chi connectivity index (χ2n) is 8.75. The van der Waals surface area contributed by atoms with Crippen LogP contribution in [0.2, 0.25) is 0 Å². The van der Waals surface area contributed by atoms with Gasteiger partial charge in [-0.05, 0) is 38.6 Å². The summed E-state index contributed by atoms with van der Waals surface area (Å²) < 4.78 is 6.95. The van der Waals surface area contributed by atoms with Crippen LogP contribution in [0.5, 0.6) is 0 Å². The van der Waals surface area contributed by atoms with Crippen LogP contribution in [-0.4, -0.2) is 57.3 Å². The summed E-state index contributed by atoms with van der Waals surface area (Å²) in [5.74, 6) is 0.649. The van der Waals surface area contributed by atoms with E-state index in [1.807, 2.05) is 6.20 Å². The zero-order valence-electron chi connectivity index (χ0n) is 17.3. The van der Waals surface area contributed by atoms with Crippen LogP contribution in [0.3, 0.4) is 0 Å². The second-order valence-corrected chi connectivity index (χ2v) is 8.75. The molecule has 7 heteroatoms. The molecule has 2 saturated carbocycles. The summed E-state index contributed by atoms with van der Waals surface area (Å²) in [7, 11) is 2.13. The Bertz CT molecular complexity index is 594. The number of aliphatic hydroxyl groups excluding tert-OH is 1. The Hall–Kier alpha value is -1.47. The second kappa shape index (κ2) is 10.9. The van der Waals surface area contributed by atoms with Gasteiger partial charge >= 0.3 is 5.97 Å². The number of rotatable bonds is 9. The van der Waals surface area contributed by atoms with Crippen LogP contribution >= 0.6 is 0 Å². The predicted molar refractivity (Wildman–Crippen MR) is 106 cm³/mol. The van der Waals surface area contributed by atoms with Crippen molar-refractivity contribution in [2.24, 2.45) is 11.8 Å². The van der Waals surface area contributed by atoms with Crippen molar-refractivity contribution < 1.29 is 14.6 Å². The first-order chi connectivity index (χ1) is 13.6. The maximum absolute atomic E-state index is 12.1. The molecule has 0 spiro atoms. The van der Waals surface area contributed by atoms with E-state index in [4.69, 9.17) is 4.74 Å². The monoisotopic (exact) mass is 392 g/mol. The Morgan fingerprint density at radius 3 is 2.61 bits per heavy atom. The van der Waals surface area contributed by atoms with Gasteiger partial charge in [-0.15, -0.1) is 5.10 Å². The molecular formula is C21H36N4O3. The Morgan fingerprint density at radius 2 is 1.89 bits per heavy atom. The summed E-state index contributed by atoms with van der Waals surface area (Å²) in [4.78, 5) is 14.4. The predicted octanol–water partition coefficient (Wildman–Crippen LogP) is 2.77. The number of hydrogen-bond donors (Lipinski definition) is 1. The van der Waals surface area contributed by atoms with Crippen molar-refractivity contribution in [2.45, 2.75) is 83.4 Å².